The molecule has 0 aliphatic carbocycles. The van der Waals surface area contributed by atoms with Crippen molar-refractivity contribution in [2.45, 2.75) is 0 Å². The summed E-state index contributed by atoms with van der Waals surface area (Å²) >= 11 is 0. The second-order valence-electron chi connectivity index (χ2n) is 1.60. The lowest BCUT2D eigenvalue weighted by atomic mass is 10.6. The van der Waals surface area contributed by atoms with Gasteiger partial charge in [-0.25, -0.2) is 0 Å². The fraction of sp³-hybridized carbons (Fsp3) is 0. The molecule has 0 spiro atoms. The monoisotopic (exact) mass is 128 g/mol. The Hall–Kier alpha value is -0.703. The van der Waals surface area contributed by atoms with Crippen molar-refractivity contribution in [1.29, 1.82) is 0 Å². The molecule has 1 heterocycles. The zero-order chi connectivity index (χ0) is 5.98. The zero-order valence-corrected chi connectivity index (χ0v) is 5.33. The van der Waals surface area contributed by atoms with Gasteiger partial charge in [0.15, 0.2) is 0 Å². The van der Waals surface area contributed by atoms with Crippen LogP contribution in [0.15, 0.2) is 23.6 Å². The molecule has 0 aromatic carbocycles. The maximum atomic E-state index is 11.7. The highest BCUT2D eigenvalue weighted by molar-refractivity contribution is 6.96. The van der Waals surface area contributed by atoms with Gasteiger partial charge in [0.05, 0.1) is 0 Å². The van der Waals surface area contributed by atoms with Crippen LogP contribution in [0.4, 0.5) is 9.18 Å². The summed E-state index contributed by atoms with van der Waals surface area (Å²) in [5.74, 6) is 0. The first kappa shape index (κ1) is 5.43. The average Bonchev–Trinajstić information content (AvgIpc) is 2.12. The van der Waals surface area contributed by atoms with E-state index >= 15 is 0 Å². The number of rotatable bonds is 1. The van der Waals surface area contributed by atoms with Gasteiger partial charge in [-0.2, -0.15) is 4.39 Å². The molecule has 0 radical (unpaired) electrons. The number of allylic oxidation sites excluding steroid dienone is 2. The summed E-state index contributed by atoms with van der Waals surface area (Å²) in [5, 5.41) is 0. The highest BCUT2D eigenvalue weighted by Gasteiger charge is 2.14. The third-order valence-corrected chi connectivity index (χ3v) is 2.81. The largest absolute Gasteiger partial charge is 0.276 e. The molecule has 1 nitrogen and oxygen atoms in total. The van der Waals surface area contributed by atoms with Crippen molar-refractivity contribution in [1.82, 2.24) is 0 Å². The van der Waals surface area contributed by atoms with Gasteiger partial charge in [0.1, 0.15) is 0 Å². The molecule has 0 amide bonds. The molecule has 8 heavy (non-hydrogen) atoms. The predicted molar refractivity (Wildman–Crippen MR) is 31.9 cm³/mol. The van der Waals surface area contributed by atoms with Crippen LogP contribution in [-0.4, -0.2) is 14.5 Å². The molecule has 42 valence electrons. The maximum Gasteiger partial charge on any atom is 0.276 e. The molecule has 0 saturated heterocycles. The Balaban J connectivity index is 2.62. The second-order valence-corrected chi connectivity index (χ2v) is 3.87. The topological polar surface area (TPSA) is 17.1 Å². The molecule has 0 aromatic heterocycles. The van der Waals surface area contributed by atoms with Crippen molar-refractivity contribution in [2.75, 3.05) is 0 Å². The van der Waals surface area contributed by atoms with E-state index in [1.807, 2.05) is 0 Å². The van der Waals surface area contributed by atoms with Gasteiger partial charge in [-0.1, -0.05) is 23.6 Å². The Morgan fingerprint density at radius 2 is 1.88 bits per heavy atom. The molecule has 0 atom stereocenters. The Bertz CT molecular complexity index is 150. The standard InChI is InChI=1S/C5H5FOSi/c6-5(7)8-3-1-2-4-8/h1-4,8H. The fourth-order valence-corrected chi connectivity index (χ4v) is 1.75. The van der Waals surface area contributed by atoms with Gasteiger partial charge in [0.2, 0.25) is 8.80 Å². The SMILES string of the molecule is O=C(F)[SiH]1C=CC=C1. The van der Waals surface area contributed by atoms with Gasteiger partial charge < -0.3 is 0 Å². The van der Waals surface area contributed by atoms with Gasteiger partial charge in [-0.3, -0.25) is 4.79 Å². The van der Waals surface area contributed by atoms with E-state index in [0.717, 1.165) is 0 Å². The van der Waals surface area contributed by atoms with Crippen LogP contribution < -0.4 is 0 Å². The summed E-state index contributed by atoms with van der Waals surface area (Å²) in [6.07, 6.45) is 3.43. The summed E-state index contributed by atoms with van der Waals surface area (Å²) in [6, 6.07) is 0. The van der Waals surface area contributed by atoms with Crippen LogP contribution in [0, 0.1) is 0 Å². The molecule has 0 saturated carbocycles. The van der Waals surface area contributed by atoms with Crippen LogP contribution in [-0.2, 0) is 0 Å². The van der Waals surface area contributed by atoms with Crippen LogP contribution >= 0.6 is 0 Å². The van der Waals surface area contributed by atoms with Crippen molar-refractivity contribution in [3.05, 3.63) is 23.6 Å². The highest BCUT2D eigenvalue weighted by atomic mass is 28.3. The Labute approximate surface area is 48.1 Å². The third-order valence-electron chi connectivity index (χ3n) is 1.01. The van der Waals surface area contributed by atoms with Crippen molar-refractivity contribution in [3.8, 4) is 0 Å². The smallest absolute Gasteiger partial charge is 0.268 e. The molecule has 0 unspecified atom stereocenters. The summed E-state index contributed by atoms with van der Waals surface area (Å²) in [4.78, 5) is 9.94. The lowest BCUT2D eigenvalue weighted by Gasteiger charge is -1.86. The molecule has 0 bridgehead atoms. The van der Waals surface area contributed by atoms with Gasteiger partial charge >= 0.3 is 0 Å². The highest BCUT2D eigenvalue weighted by Crippen LogP contribution is 2.00. The van der Waals surface area contributed by atoms with Crippen molar-refractivity contribution >= 4 is 14.5 Å². The Kier molecular flexibility index (Phi) is 1.39. The zero-order valence-electron chi connectivity index (χ0n) is 4.17. The fourth-order valence-electron chi connectivity index (χ4n) is 0.583. The second kappa shape index (κ2) is 2.04. The molecule has 0 N–H and O–H groups in total. The minimum atomic E-state index is -1.82. The minimum absolute atomic E-state index is 1.14. The van der Waals surface area contributed by atoms with Crippen molar-refractivity contribution in [2.24, 2.45) is 0 Å². The number of hydrogen-bond acceptors (Lipinski definition) is 1. The minimum Gasteiger partial charge on any atom is -0.268 e. The number of carbonyl (C=O) groups excluding carboxylic acids is 1. The van der Waals surface area contributed by atoms with E-state index in [-0.39, 0.29) is 0 Å². The quantitative estimate of drug-likeness (QED) is 0.381. The van der Waals surface area contributed by atoms with E-state index in [2.05, 4.69) is 0 Å². The normalized spacial score (nSPS) is 17.6. The van der Waals surface area contributed by atoms with Gasteiger partial charge in [0.25, 0.3) is 5.66 Å². The molecule has 1 rings (SSSR count). The van der Waals surface area contributed by atoms with Crippen molar-refractivity contribution < 1.29 is 9.18 Å². The van der Waals surface area contributed by atoms with Crippen LogP contribution in [0.5, 0.6) is 0 Å². The van der Waals surface area contributed by atoms with Crippen molar-refractivity contribution in [3.63, 3.8) is 0 Å². The van der Waals surface area contributed by atoms with Gasteiger partial charge in [0, 0.05) is 0 Å². The van der Waals surface area contributed by atoms with E-state index in [1.165, 1.54) is 0 Å². The lowest BCUT2D eigenvalue weighted by molar-refractivity contribution is 0.243. The number of carbonyl (C=O) groups is 1. The van der Waals surface area contributed by atoms with Crippen LogP contribution in [0.1, 0.15) is 0 Å². The molecular weight excluding hydrogens is 123 g/mol. The van der Waals surface area contributed by atoms with E-state index < -0.39 is 14.5 Å². The first-order chi connectivity index (χ1) is 3.80. The molecule has 0 aromatic rings. The number of halogens is 1. The maximum absolute atomic E-state index is 11.7. The van der Waals surface area contributed by atoms with E-state index in [4.69, 9.17) is 0 Å². The lowest BCUT2D eigenvalue weighted by Crippen LogP contribution is -2.12. The first-order valence-corrected chi connectivity index (χ1v) is 4.26. The van der Waals surface area contributed by atoms with Gasteiger partial charge in [-0.05, 0) is 0 Å². The van der Waals surface area contributed by atoms with Crippen LogP contribution in [0.3, 0.4) is 0 Å². The molecular formula is C5H5FOSi. The molecule has 0 fully saturated rings. The van der Waals surface area contributed by atoms with Gasteiger partial charge in [-0.15, -0.1) is 0 Å². The average molecular weight is 128 g/mol. The van der Waals surface area contributed by atoms with E-state index in [0.29, 0.717) is 0 Å². The summed E-state index contributed by atoms with van der Waals surface area (Å²) in [6.45, 7) is 0. The van der Waals surface area contributed by atoms with E-state index in [1.54, 1.807) is 23.6 Å². The Morgan fingerprint density at radius 3 is 2.12 bits per heavy atom. The summed E-state index contributed by atoms with van der Waals surface area (Å²) < 4.78 is 11.7. The molecule has 1 aliphatic heterocycles. The summed E-state index contributed by atoms with van der Waals surface area (Å²) in [7, 11) is -1.82. The van der Waals surface area contributed by atoms with Crippen LogP contribution in [0.2, 0.25) is 0 Å². The first-order valence-electron chi connectivity index (χ1n) is 2.35. The Morgan fingerprint density at radius 1 is 1.38 bits per heavy atom. The number of hydrogen-bond donors (Lipinski definition) is 0. The molecule has 3 heteroatoms. The van der Waals surface area contributed by atoms with Crippen LogP contribution in [0.25, 0.3) is 0 Å². The predicted octanol–water partition coefficient (Wildman–Crippen LogP) is 1.09. The molecule has 1 aliphatic rings. The summed E-state index contributed by atoms with van der Waals surface area (Å²) in [5.41, 5.74) is 2.17. The third kappa shape index (κ3) is 0.922. The van der Waals surface area contributed by atoms with E-state index in [9.17, 15) is 9.18 Å².